The van der Waals surface area contributed by atoms with E-state index in [0.717, 1.165) is 57.9 Å². The van der Waals surface area contributed by atoms with Crippen LogP contribution in [-0.2, 0) is 0 Å². The fourth-order valence-corrected chi connectivity index (χ4v) is 8.32. The fourth-order valence-electron chi connectivity index (χ4n) is 8.32. The van der Waals surface area contributed by atoms with Crippen LogP contribution in [0.15, 0.2) is 167 Å². The summed E-state index contributed by atoms with van der Waals surface area (Å²) in [5.74, 6) is 7.26. The van der Waals surface area contributed by atoms with Crippen LogP contribution >= 0.6 is 0 Å². The number of benzene rings is 6. The fraction of sp³-hybridized carbons (Fsp3) is 0.120. The van der Waals surface area contributed by atoms with Crippen LogP contribution in [0.5, 0.6) is 0 Å². The number of nitrogens with zero attached hydrogens (tertiary/aromatic N) is 3. The zero-order valence-corrected chi connectivity index (χ0v) is 30.3. The van der Waals surface area contributed by atoms with Gasteiger partial charge >= 0.3 is 0 Å². The first-order valence-electron chi connectivity index (χ1n) is 18.8. The second-order valence-electron chi connectivity index (χ2n) is 14.4. The van der Waals surface area contributed by atoms with Gasteiger partial charge in [-0.25, -0.2) is 9.98 Å². The minimum atomic E-state index is 0.0239. The van der Waals surface area contributed by atoms with Crippen LogP contribution in [0.4, 0.5) is 5.69 Å². The topological polar surface area (TPSA) is 41.7 Å². The van der Waals surface area contributed by atoms with E-state index in [9.17, 15) is 0 Å². The molecule has 10 rings (SSSR count). The highest BCUT2D eigenvalue weighted by atomic mass is 15.2. The number of aromatic nitrogens is 1. The van der Waals surface area contributed by atoms with Gasteiger partial charge in [0.1, 0.15) is 0 Å². The molecule has 7 aromatic rings. The third kappa shape index (κ3) is 5.40. The van der Waals surface area contributed by atoms with Crippen LogP contribution in [0.2, 0.25) is 0 Å². The largest absolute Gasteiger partial charge is 0.371 e. The lowest BCUT2D eigenvalue weighted by Crippen LogP contribution is -2.28. The van der Waals surface area contributed by atoms with E-state index in [0.29, 0.717) is 0 Å². The van der Waals surface area contributed by atoms with Crippen molar-refractivity contribution in [3.8, 4) is 34.1 Å². The average Bonchev–Trinajstić information content (AvgIpc) is 3.56. The summed E-state index contributed by atoms with van der Waals surface area (Å²) in [6, 6.07) is 44.0. The third-order valence-corrected chi connectivity index (χ3v) is 11.2. The van der Waals surface area contributed by atoms with Crippen molar-refractivity contribution in [2.45, 2.75) is 38.8 Å². The third-order valence-electron chi connectivity index (χ3n) is 11.2. The number of aryl methyl sites for hydroxylation is 2. The Hall–Kier alpha value is -6.70. The molecule has 1 N–H and O–H groups in total. The lowest BCUT2D eigenvalue weighted by atomic mass is 9.89. The van der Waals surface area contributed by atoms with E-state index in [4.69, 9.17) is 9.98 Å². The zero-order valence-electron chi connectivity index (χ0n) is 30.3. The zero-order chi connectivity index (χ0) is 36.2. The summed E-state index contributed by atoms with van der Waals surface area (Å²) in [6.07, 6.45) is 12.3. The van der Waals surface area contributed by atoms with Gasteiger partial charge in [0.15, 0.2) is 0 Å². The van der Waals surface area contributed by atoms with E-state index in [1.165, 1.54) is 49.4 Å². The van der Waals surface area contributed by atoms with Gasteiger partial charge in [0, 0.05) is 33.2 Å². The van der Waals surface area contributed by atoms with Gasteiger partial charge in [0.05, 0.1) is 28.8 Å². The first-order chi connectivity index (χ1) is 26.6. The number of para-hydroxylation sites is 1. The van der Waals surface area contributed by atoms with Crippen molar-refractivity contribution in [2.24, 2.45) is 9.98 Å². The van der Waals surface area contributed by atoms with Crippen molar-refractivity contribution < 1.29 is 0 Å². The summed E-state index contributed by atoms with van der Waals surface area (Å²) in [6.45, 7) is 4.44. The SMILES string of the molecule is Cc1cc(-c2cc(-c3ccc4c(c3)c3ccccc3n4C3=NC4CC=CC=C4C(c4ccccc4)=N3)ccc2NC2C#CC=CC2)c2ccccc2c1C. The lowest BCUT2D eigenvalue weighted by molar-refractivity contribution is 0.787. The van der Waals surface area contributed by atoms with E-state index in [1.54, 1.807) is 0 Å². The van der Waals surface area contributed by atoms with Gasteiger partial charge in [0.25, 0.3) is 0 Å². The molecule has 2 unspecified atom stereocenters. The number of aliphatic imine (C=N–C) groups is 2. The molecule has 0 saturated carbocycles. The predicted octanol–water partition coefficient (Wildman–Crippen LogP) is 11.6. The van der Waals surface area contributed by atoms with Crippen LogP contribution < -0.4 is 5.32 Å². The average molecular weight is 695 g/mol. The minimum Gasteiger partial charge on any atom is -0.371 e. The summed E-state index contributed by atoms with van der Waals surface area (Å²) in [5.41, 5.74) is 13.9. The number of nitrogens with one attached hydrogen (secondary N) is 1. The molecular weight excluding hydrogens is 657 g/mol. The monoisotopic (exact) mass is 694 g/mol. The predicted molar refractivity (Wildman–Crippen MR) is 228 cm³/mol. The summed E-state index contributed by atoms with van der Waals surface area (Å²) in [7, 11) is 0. The van der Waals surface area contributed by atoms with Crippen LogP contribution in [0, 0.1) is 25.7 Å². The van der Waals surface area contributed by atoms with Gasteiger partial charge in [-0.2, -0.15) is 0 Å². The van der Waals surface area contributed by atoms with Crippen molar-refractivity contribution in [3.05, 3.63) is 174 Å². The van der Waals surface area contributed by atoms with Crippen molar-refractivity contribution in [2.75, 3.05) is 5.32 Å². The number of hydrogen-bond donors (Lipinski definition) is 1. The number of fused-ring (bicyclic) bond motifs is 5. The van der Waals surface area contributed by atoms with E-state index < -0.39 is 0 Å². The molecule has 2 atom stereocenters. The Labute approximate surface area is 315 Å². The molecule has 6 aromatic carbocycles. The molecule has 3 aliphatic rings. The molecule has 0 fully saturated rings. The van der Waals surface area contributed by atoms with Crippen molar-refractivity contribution in [1.29, 1.82) is 0 Å². The maximum Gasteiger partial charge on any atom is 0.231 e. The Balaban J connectivity index is 1.14. The van der Waals surface area contributed by atoms with E-state index in [1.807, 2.05) is 6.08 Å². The molecule has 2 heterocycles. The van der Waals surface area contributed by atoms with Gasteiger partial charge in [-0.05, 0) is 102 Å². The van der Waals surface area contributed by atoms with Crippen LogP contribution in [-0.4, -0.2) is 28.3 Å². The highest BCUT2D eigenvalue weighted by molar-refractivity contribution is 6.22. The van der Waals surface area contributed by atoms with Crippen LogP contribution in [0.3, 0.4) is 0 Å². The molecule has 54 heavy (non-hydrogen) atoms. The molecule has 0 radical (unpaired) electrons. The van der Waals surface area contributed by atoms with Gasteiger partial charge in [-0.3, -0.25) is 4.57 Å². The molecule has 0 bridgehead atoms. The number of anilines is 1. The van der Waals surface area contributed by atoms with E-state index in [-0.39, 0.29) is 12.1 Å². The number of rotatable bonds is 5. The normalized spacial score (nSPS) is 17.5. The quantitative estimate of drug-likeness (QED) is 0.179. The van der Waals surface area contributed by atoms with Crippen LogP contribution in [0.25, 0.3) is 54.8 Å². The molecule has 1 aliphatic heterocycles. The Morgan fingerprint density at radius 1 is 0.667 bits per heavy atom. The Bertz CT molecular complexity index is 2890. The van der Waals surface area contributed by atoms with Gasteiger partial charge < -0.3 is 5.32 Å². The van der Waals surface area contributed by atoms with E-state index in [2.05, 4.69) is 181 Å². The molecule has 258 valence electrons. The van der Waals surface area contributed by atoms with Crippen molar-refractivity contribution in [1.82, 2.24) is 4.57 Å². The van der Waals surface area contributed by atoms with Gasteiger partial charge in [0.2, 0.25) is 5.96 Å². The Morgan fingerprint density at radius 3 is 2.28 bits per heavy atom. The van der Waals surface area contributed by atoms with Gasteiger partial charge in [-0.1, -0.05) is 127 Å². The maximum atomic E-state index is 5.31. The second kappa shape index (κ2) is 13.1. The molecule has 4 nitrogen and oxygen atoms in total. The Kier molecular flexibility index (Phi) is 7.74. The molecule has 4 heteroatoms. The molecule has 0 saturated heterocycles. The summed E-state index contributed by atoms with van der Waals surface area (Å²) in [5, 5.41) is 8.69. The van der Waals surface area contributed by atoms with Crippen molar-refractivity contribution >= 4 is 49.9 Å². The van der Waals surface area contributed by atoms with Crippen LogP contribution in [0.1, 0.15) is 29.5 Å². The first-order valence-corrected chi connectivity index (χ1v) is 18.8. The highest BCUT2D eigenvalue weighted by Crippen LogP contribution is 2.41. The van der Waals surface area contributed by atoms with Crippen molar-refractivity contribution in [3.63, 3.8) is 0 Å². The van der Waals surface area contributed by atoms with E-state index >= 15 is 0 Å². The Morgan fingerprint density at radius 2 is 1.43 bits per heavy atom. The molecule has 2 aliphatic carbocycles. The number of hydrogen-bond acceptors (Lipinski definition) is 3. The number of allylic oxidation sites excluding steroid dienone is 3. The van der Waals surface area contributed by atoms with Gasteiger partial charge in [-0.15, -0.1) is 0 Å². The molecule has 0 spiro atoms. The standard InChI is InChI=1S/C50H38N4/c1-32-29-42(39-20-10-9-19-38(39)33(32)2)43-30-35(25-27-46(43)51-37-17-7-4-8-18-37)36-26-28-48-44(31-36)40-21-12-14-24-47(40)54(48)50-52-45-23-13-11-22-41(45)49(53-50)34-15-5-3-6-16-34/h3-7,9-16,19-22,24-31,37,45,51H,17,23H2,1-2H3. The minimum absolute atomic E-state index is 0.0239. The molecule has 0 amide bonds. The molecule has 1 aromatic heterocycles. The lowest BCUT2D eigenvalue weighted by Gasteiger charge is -2.25. The summed E-state index contributed by atoms with van der Waals surface area (Å²) >= 11 is 0. The maximum absolute atomic E-state index is 5.31. The molecular formula is C50H38N4. The second-order valence-corrected chi connectivity index (χ2v) is 14.4. The highest BCUT2D eigenvalue weighted by Gasteiger charge is 2.28. The summed E-state index contributed by atoms with van der Waals surface area (Å²) < 4.78 is 2.26. The summed E-state index contributed by atoms with van der Waals surface area (Å²) in [4.78, 5) is 10.6. The first kappa shape index (κ1) is 32.0. The smallest absolute Gasteiger partial charge is 0.231 e.